The number of alkyl halides is 1. The summed E-state index contributed by atoms with van der Waals surface area (Å²) in [6, 6.07) is 0. The van der Waals surface area contributed by atoms with Crippen LogP contribution in [0.4, 0.5) is 4.39 Å². The molecule has 46 heavy (non-hydrogen) atoms. The summed E-state index contributed by atoms with van der Waals surface area (Å²) in [7, 11) is 0. The quantitative estimate of drug-likeness (QED) is 0.325. The number of fused-ring (bicyclic) bond motifs is 5. The number of nitrogens with zero attached hydrogens (tertiary/aromatic N) is 1. The highest BCUT2D eigenvalue weighted by molar-refractivity contribution is 6.02. The van der Waals surface area contributed by atoms with Crippen molar-refractivity contribution in [2.24, 2.45) is 40.4 Å². The zero-order valence-corrected chi connectivity index (χ0v) is 26.5. The highest BCUT2D eigenvalue weighted by Gasteiger charge is 2.75. The highest BCUT2D eigenvalue weighted by atomic mass is 19.1. The number of hydrogen-bond acceptors (Lipinski definition) is 10. The second kappa shape index (κ2) is 11.2. The minimum Gasteiger partial charge on any atom is -0.457 e. The van der Waals surface area contributed by atoms with E-state index in [1.807, 2.05) is 0 Å². The maximum absolute atomic E-state index is 17.4. The Kier molecular flexibility index (Phi) is 7.94. The number of amides is 2. The first-order valence-corrected chi connectivity index (χ1v) is 16.4. The van der Waals surface area contributed by atoms with Crippen molar-refractivity contribution in [2.45, 2.75) is 102 Å². The summed E-state index contributed by atoms with van der Waals surface area (Å²) in [6.45, 7) is 4.48. The summed E-state index contributed by atoms with van der Waals surface area (Å²) in [5, 5.41) is 24.1. The molecule has 5 fully saturated rings. The van der Waals surface area contributed by atoms with Gasteiger partial charge in [0, 0.05) is 29.6 Å². The molecule has 1 aliphatic heterocycles. The first-order chi connectivity index (χ1) is 21.6. The fourth-order valence-corrected chi connectivity index (χ4v) is 9.89. The molecule has 12 heteroatoms. The third-order valence-corrected chi connectivity index (χ3v) is 12.6. The van der Waals surface area contributed by atoms with Crippen molar-refractivity contribution >= 4 is 35.3 Å². The first kappa shape index (κ1) is 32.7. The number of ketones is 2. The van der Waals surface area contributed by atoms with Gasteiger partial charge in [-0.15, -0.1) is 5.06 Å². The van der Waals surface area contributed by atoms with E-state index in [0.717, 1.165) is 0 Å². The number of aliphatic hydroxyl groups excluding tert-OH is 1. The monoisotopic (exact) mass is 643 g/mol. The largest absolute Gasteiger partial charge is 0.457 e. The Balaban J connectivity index is 1.09. The Labute approximate surface area is 266 Å². The van der Waals surface area contributed by atoms with Crippen molar-refractivity contribution in [2.75, 3.05) is 6.61 Å². The number of hydroxylamine groups is 2. The number of hydrogen-bond donors (Lipinski definition) is 2. The number of aliphatic hydroxyl groups is 2. The molecular formula is C34H42FNO10. The third kappa shape index (κ3) is 4.57. The van der Waals surface area contributed by atoms with E-state index in [0.29, 0.717) is 29.9 Å². The number of carbonyl (C=O) groups is 6. The molecule has 11 nitrogen and oxygen atoms in total. The predicted octanol–water partition coefficient (Wildman–Crippen LogP) is 2.86. The van der Waals surface area contributed by atoms with Crippen LogP contribution in [-0.4, -0.2) is 74.6 Å². The Morgan fingerprint density at radius 1 is 0.957 bits per heavy atom. The number of imide groups is 1. The van der Waals surface area contributed by atoms with Crippen LogP contribution in [0.15, 0.2) is 23.8 Å². The molecule has 0 aromatic heterocycles. The minimum atomic E-state index is -2.09. The van der Waals surface area contributed by atoms with Crippen molar-refractivity contribution in [3.63, 3.8) is 0 Å². The smallest absolute Gasteiger partial charge is 0.336 e. The van der Waals surface area contributed by atoms with Crippen LogP contribution in [-0.2, 0) is 38.3 Å². The van der Waals surface area contributed by atoms with Gasteiger partial charge in [0.05, 0.1) is 17.9 Å². The van der Waals surface area contributed by atoms with Gasteiger partial charge in [0.1, 0.15) is 5.60 Å². The van der Waals surface area contributed by atoms with Gasteiger partial charge in [-0.3, -0.25) is 24.0 Å². The van der Waals surface area contributed by atoms with Crippen LogP contribution in [0.1, 0.15) is 85.0 Å². The number of carbonyl (C=O) groups excluding carboxylic acids is 6. The van der Waals surface area contributed by atoms with Gasteiger partial charge < -0.3 is 19.8 Å². The second-order valence-corrected chi connectivity index (χ2v) is 14.7. The third-order valence-electron chi connectivity index (χ3n) is 12.6. The number of rotatable bonds is 6. The van der Waals surface area contributed by atoms with Crippen LogP contribution in [0.25, 0.3) is 0 Å². The predicted molar refractivity (Wildman–Crippen MR) is 156 cm³/mol. The summed E-state index contributed by atoms with van der Waals surface area (Å²) in [5.74, 6) is -6.26. The van der Waals surface area contributed by atoms with Crippen molar-refractivity contribution in [1.29, 1.82) is 0 Å². The molecule has 0 spiro atoms. The Morgan fingerprint density at radius 2 is 1.57 bits per heavy atom. The van der Waals surface area contributed by atoms with Gasteiger partial charge in [-0.05, 0) is 82.3 Å². The van der Waals surface area contributed by atoms with E-state index in [-0.39, 0.29) is 50.7 Å². The van der Waals surface area contributed by atoms with Crippen LogP contribution in [0.2, 0.25) is 0 Å². The lowest BCUT2D eigenvalue weighted by Crippen LogP contribution is -2.69. The fraction of sp³-hybridized carbons (Fsp3) is 0.706. The first-order valence-electron chi connectivity index (χ1n) is 16.4. The van der Waals surface area contributed by atoms with Crippen molar-refractivity contribution in [3.05, 3.63) is 23.8 Å². The summed E-state index contributed by atoms with van der Waals surface area (Å²) in [6.07, 6.45) is 4.93. The van der Waals surface area contributed by atoms with Gasteiger partial charge in [0.15, 0.2) is 18.1 Å². The summed E-state index contributed by atoms with van der Waals surface area (Å²) >= 11 is 0. The molecule has 0 aromatic carbocycles. The molecule has 0 aromatic rings. The zero-order chi connectivity index (χ0) is 33.4. The molecule has 6 aliphatic rings. The summed E-state index contributed by atoms with van der Waals surface area (Å²) < 4.78 is 22.8. The van der Waals surface area contributed by atoms with Gasteiger partial charge in [-0.25, -0.2) is 9.18 Å². The van der Waals surface area contributed by atoms with Gasteiger partial charge >= 0.3 is 11.9 Å². The van der Waals surface area contributed by atoms with E-state index in [4.69, 9.17) is 9.57 Å². The summed E-state index contributed by atoms with van der Waals surface area (Å²) in [5.41, 5.74) is -5.79. The van der Waals surface area contributed by atoms with Crippen molar-refractivity contribution < 1.29 is 52.9 Å². The number of halogens is 1. The molecule has 2 amide bonds. The van der Waals surface area contributed by atoms with E-state index in [9.17, 15) is 39.0 Å². The lowest BCUT2D eigenvalue weighted by molar-refractivity contribution is -0.220. The van der Waals surface area contributed by atoms with Crippen LogP contribution in [0, 0.1) is 40.4 Å². The molecule has 2 N–H and O–H groups in total. The van der Waals surface area contributed by atoms with Crippen LogP contribution >= 0.6 is 0 Å². The highest BCUT2D eigenvalue weighted by Crippen LogP contribution is 2.70. The molecule has 250 valence electrons. The average Bonchev–Trinajstić information content (AvgIpc) is 3.44. The normalized spacial score (nSPS) is 43.4. The standard InChI is InChI=1S/C34H42FNO10/c1-18-14-24-23-9-8-21-15-22(37)12-13-31(21,2)33(23,35)25(38)16-32(24,3)34(18,44)26(39)17-45-29(42)19-4-6-20(7-5-19)30(43)46-36-27(40)10-11-28(36)41/h12-13,15,18-20,23-25,38,44H,4-11,14,16-17H2,1-3H3/t18-,19?,20?,23+,24+,25+,31+,32+,33+,34+/m1/s1. The molecule has 6 rings (SSSR count). The van der Waals surface area contributed by atoms with E-state index in [1.54, 1.807) is 26.8 Å². The molecular weight excluding hydrogens is 601 g/mol. The molecule has 0 radical (unpaired) electrons. The fourth-order valence-electron chi connectivity index (χ4n) is 9.89. The topological polar surface area (TPSA) is 165 Å². The van der Waals surface area contributed by atoms with Gasteiger partial charge in [-0.2, -0.15) is 0 Å². The lowest BCUT2D eigenvalue weighted by Gasteiger charge is -2.62. The molecule has 1 heterocycles. The maximum atomic E-state index is 17.4. The maximum Gasteiger partial charge on any atom is 0.336 e. The molecule has 0 bridgehead atoms. The van der Waals surface area contributed by atoms with Crippen LogP contribution < -0.4 is 0 Å². The van der Waals surface area contributed by atoms with Crippen molar-refractivity contribution in [3.8, 4) is 0 Å². The number of esters is 1. The van der Waals surface area contributed by atoms with Gasteiger partial charge in [0.25, 0.3) is 11.8 Å². The Morgan fingerprint density at radius 3 is 2.20 bits per heavy atom. The SMILES string of the molecule is C[C@@H]1C[C@H]2[C@@H]3CCC4=CC(=O)C=C[C@]4(C)[C@@]3(F)[C@@H](O)C[C@]2(C)[C@@]1(O)C(=O)COC(=O)C1CCC(C(=O)ON2C(=O)CCC2=O)CC1. The van der Waals surface area contributed by atoms with Crippen LogP contribution in [0.5, 0.6) is 0 Å². The lowest BCUT2D eigenvalue weighted by atomic mass is 9.44. The molecule has 4 saturated carbocycles. The minimum absolute atomic E-state index is 0.00639. The van der Waals surface area contributed by atoms with E-state index in [2.05, 4.69) is 0 Å². The van der Waals surface area contributed by atoms with Crippen molar-refractivity contribution in [1.82, 2.24) is 5.06 Å². The van der Waals surface area contributed by atoms with Gasteiger partial charge in [-0.1, -0.05) is 25.5 Å². The molecule has 1 saturated heterocycles. The molecule has 5 aliphatic carbocycles. The van der Waals surface area contributed by atoms with E-state index in [1.165, 1.54) is 12.2 Å². The molecule has 0 unspecified atom stereocenters. The second-order valence-electron chi connectivity index (χ2n) is 14.7. The Bertz CT molecular complexity index is 1430. The number of ether oxygens (including phenoxy) is 1. The number of allylic oxidation sites excluding steroid dienone is 4. The Hall–Kier alpha value is -3.25. The van der Waals surface area contributed by atoms with E-state index < -0.39 is 93.9 Å². The van der Waals surface area contributed by atoms with Crippen LogP contribution in [0.3, 0.4) is 0 Å². The van der Waals surface area contributed by atoms with E-state index >= 15 is 4.39 Å². The average molecular weight is 644 g/mol. The molecule has 8 atom stereocenters. The van der Waals surface area contributed by atoms with Gasteiger partial charge in [0.2, 0.25) is 5.78 Å². The number of Topliss-reactive ketones (excluding diaryl/α,β-unsaturated/α-hetero) is 1. The zero-order valence-electron chi connectivity index (χ0n) is 26.5. The summed E-state index contributed by atoms with van der Waals surface area (Å²) in [4.78, 5) is 79.9.